The lowest BCUT2D eigenvalue weighted by molar-refractivity contribution is 0.0957. The quantitative estimate of drug-likeness (QED) is 0.750. The van der Waals surface area contributed by atoms with Gasteiger partial charge in [-0.2, -0.15) is 0 Å². The van der Waals surface area contributed by atoms with E-state index in [-0.39, 0.29) is 24.0 Å². The summed E-state index contributed by atoms with van der Waals surface area (Å²) >= 11 is 0. The molecule has 0 aliphatic heterocycles. The molecule has 0 bridgehead atoms. The molecule has 0 fully saturated rings. The van der Waals surface area contributed by atoms with E-state index in [1.807, 2.05) is 6.07 Å². The Kier molecular flexibility index (Phi) is 5.14. The number of phenols is 1. The summed E-state index contributed by atoms with van der Waals surface area (Å²) in [5.41, 5.74) is 1.48. The molecule has 0 aromatic heterocycles. The molecule has 4 nitrogen and oxygen atoms in total. The summed E-state index contributed by atoms with van der Waals surface area (Å²) < 4.78 is 5.45. The molecule has 4 heteroatoms. The first-order chi connectivity index (χ1) is 8.37. The van der Waals surface area contributed by atoms with Crippen LogP contribution < -0.4 is 5.32 Å². The predicted octanol–water partition coefficient (Wildman–Crippen LogP) is 1.96. The van der Waals surface area contributed by atoms with Crippen molar-refractivity contribution in [1.82, 2.24) is 5.32 Å². The molecule has 1 aromatic carbocycles. The van der Waals surface area contributed by atoms with Crippen LogP contribution >= 0.6 is 0 Å². The largest absolute Gasteiger partial charge is 0.508 e. The van der Waals surface area contributed by atoms with E-state index in [0.29, 0.717) is 12.1 Å². The number of rotatable bonds is 5. The third kappa shape index (κ3) is 4.29. The summed E-state index contributed by atoms with van der Waals surface area (Å²) in [6.07, 6.45) is -0.102. The highest BCUT2D eigenvalue weighted by molar-refractivity contribution is 5.36. The second kappa shape index (κ2) is 6.18. The van der Waals surface area contributed by atoms with Gasteiger partial charge < -0.3 is 20.3 Å². The molecule has 0 aliphatic rings. The Labute approximate surface area is 109 Å². The average molecular weight is 253 g/mol. The Morgan fingerprint density at radius 3 is 2.50 bits per heavy atom. The van der Waals surface area contributed by atoms with Gasteiger partial charge in [-0.3, -0.25) is 0 Å². The van der Waals surface area contributed by atoms with Crippen molar-refractivity contribution in [2.24, 2.45) is 0 Å². The van der Waals surface area contributed by atoms with Crippen molar-refractivity contribution in [3.05, 3.63) is 29.3 Å². The fourth-order valence-electron chi connectivity index (χ4n) is 1.67. The van der Waals surface area contributed by atoms with E-state index in [0.717, 1.165) is 5.56 Å². The van der Waals surface area contributed by atoms with Crippen LogP contribution in [-0.4, -0.2) is 29.4 Å². The molecule has 0 heterocycles. The molecule has 0 amide bonds. The smallest absolute Gasteiger partial charge is 0.121 e. The highest BCUT2D eigenvalue weighted by Crippen LogP contribution is 2.24. The highest BCUT2D eigenvalue weighted by atomic mass is 16.5. The molecule has 0 radical (unpaired) electrons. The minimum absolute atomic E-state index is 0.0213. The molecule has 1 aromatic rings. The minimum Gasteiger partial charge on any atom is -0.508 e. The molecule has 0 saturated carbocycles. The molecule has 3 N–H and O–H groups in total. The van der Waals surface area contributed by atoms with Gasteiger partial charge in [0.1, 0.15) is 5.75 Å². The molecule has 102 valence electrons. The van der Waals surface area contributed by atoms with Gasteiger partial charge in [0.25, 0.3) is 0 Å². The van der Waals surface area contributed by atoms with E-state index in [1.165, 1.54) is 0 Å². The fourth-order valence-corrected chi connectivity index (χ4v) is 1.67. The number of ether oxygens (including phenoxy) is 1. The van der Waals surface area contributed by atoms with Gasteiger partial charge in [-0.1, -0.05) is 6.07 Å². The Hall–Kier alpha value is -1.10. The van der Waals surface area contributed by atoms with Crippen LogP contribution in [0.15, 0.2) is 18.2 Å². The van der Waals surface area contributed by atoms with Gasteiger partial charge in [0.2, 0.25) is 0 Å². The van der Waals surface area contributed by atoms with E-state index in [9.17, 15) is 5.11 Å². The minimum atomic E-state index is -0.178. The lowest BCUT2D eigenvalue weighted by atomic mass is 10.0. The maximum Gasteiger partial charge on any atom is 0.121 e. The van der Waals surface area contributed by atoms with Crippen molar-refractivity contribution in [2.45, 2.75) is 39.0 Å². The van der Waals surface area contributed by atoms with Gasteiger partial charge in [0.15, 0.2) is 0 Å². The number of nitrogens with one attached hydrogen (secondary N) is 1. The first-order valence-electron chi connectivity index (χ1n) is 6.08. The Bertz CT molecular complexity index is 385. The van der Waals surface area contributed by atoms with Gasteiger partial charge in [-0.25, -0.2) is 0 Å². The summed E-state index contributed by atoms with van der Waals surface area (Å²) in [5, 5.41) is 22.0. The van der Waals surface area contributed by atoms with Crippen LogP contribution in [0.1, 0.15) is 38.0 Å². The first kappa shape index (κ1) is 15.0. The molecule has 0 saturated heterocycles. The summed E-state index contributed by atoms with van der Waals surface area (Å²) in [7, 11) is 1.65. The number of benzene rings is 1. The van der Waals surface area contributed by atoms with Crippen LogP contribution in [-0.2, 0) is 11.3 Å². The van der Waals surface area contributed by atoms with Crippen LogP contribution in [0.4, 0.5) is 0 Å². The lowest BCUT2D eigenvalue weighted by Gasteiger charge is -2.25. The molecule has 0 unspecified atom stereocenters. The normalized spacial score (nSPS) is 13.6. The number of methoxy groups -OCH3 is 1. The Morgan fingerprint density at radius 1 is 1.33 bits per heavy atom. The van der Waals surface area contributed by atoms with Gasteiger partial charge in [-0.05, 0) is 38.5 Å². The SMILES string of the molecule is CO[C@H](CNC(C)(C)C)c1ccc(O)c(CO)c1. The molecule has 0 aliphatic carbocycles. The maximum absolute atomic E-state index is 9.53. The third-order valence-electron chi connectivity index (χ3n) is 2.75. The van der Waals surface area contributed by atoms with Gasteiger partial charge in [0.05, 0.1) is 12.7 Å². The zero-order valence-electron chi connectivity index (χ0n) is 11.5. The van der Waals surface area contributed by atoms with E-state index in [1.54, 1.807) is 19.2 Å². The zero-order valence-corrected chi connectivity index (χ0v) is 11.5. The summed E-state index contributed by atoms with van der Waals surface area (Å²) in [6, 6.07) is 5.17. The Morgan fingerprint density at radius 2 is 2.00 bits per heavy atom. The predicted molar refractivity (Wildman–Crippen MR) is 71.5 cm³/mol. The number of aliphatic hydroxyl groups is 1. The van der Waals surface area contributed by atoms with Gasteiger partial charge in [0, 0.05) is 24.8 Å². The molecule has 18 heavy (non-hydrogen) atoms. The summed E-state index contributed by atoms with van der Waals surface area (Å²) in [4.78, 5) is 0. The second-order valence-corrected chi connectivity index (χ2v) is 5.40. The second-order valence-electron chi connectivity index (χ2n) is 5.40. The van der Waals surface area contributed by atoms with E-state index >= 15 is 0 Å². The maximum atomic E-state index is 9.53. The van der Waals surface area contributed by atoms with Crippen molar-refractivity contribution < 1.29 is 14.9 Å². The highest BCUT2D eigenvalue weighted by Gasteiger charge is 2.16. The third-order valence-corrected chi connectivity index (χ3v) is 2.75. The molecule has 1 rings (SSSR count). The first-order valence-corrected chi connectivity index (χ1v) is 6.08. The monoisotopic (exact) mass is 253 g/mol. The van der Waals surface area contributed by atoms with E-state index in [2.05, 4.69) is 26.1 Å². The Balaban J connectivity index is 2.82. The van der Waals surface area contributed by atoms with Crippen molar-refractivity contribution in [2.75, 3.05) is 13.7 Å². The zero-order chi connectivity index (χ0) is 13.8. The summed E-state index contributed by atoms with van der Waals surface area (Å²) in [5.74, 6) is 0.111. The number of hydrogen-bond acceptors (Lipinski definition) is 4. The van der Waals surface area contributed by atoms with Crippen molar-refractivity contribution in [1.29, 1.82) is 0 Å². The number of aromatic hydroxyl groups is 1. The molecule has 0 spiro atoms. The van der Waals surface area contributed by atoms with Crippen molar-refractivity contribution in [3.63, 3.8) is 0 Å². The van der Waals surface area contributed by atoms with Crippen molar-refractivity contribution in [3.8, 4) is 5.75 Å². The average Bonchev–Trinajstić information content (AvgIpc) is 2.30. The standard InChI is InChI=1S/C14H23NO3/c1-14(2,3)15-8-13(18-4)10-5-6-12(17)11(7-10)9-16/h5-7,13,15-17H,8-9H2,1-4H3/t13-/m1/s1. The van der Waals surface area contributed by atoms with Crippen LogP contribution in [0.2, 0.25) is 0 Å². The summed E-state index contributed by atoms with van der Waals surface area (Å²) in [6.45, 7) is 6.78. The number of aliphatic hydroxyl groups excluding tert-OH is 1. The van der Waals surface area contributed by atoms with Gasteiger partial charge >= 0.3 is 0 Å². The fraction of sp³-hybridized carbons (Fsp3) is 0.571. The lowest BCUT2D eigenvalue weighted by Crippen LogP contribution is -2.38. The van der Waals surface area contributed by atoms with Crippen molar-refractivity contribution >= 4 is 0 Å². The van der Waals surface area contributed by atoms with Crippen LogP contribution in [0, 0.1) is 0 Å². The topological polar surface area (TPSA) is 61.7 Å². The molecule has 1 atom stereocenters. The van der Waals surface area contributed by atoms with Crippen LogP contribution in [0.25, 0.3) is 0 Å². The van der Waals surface area contributed by atoms with Crippen LogP contribution in [0.5, 0.6) is 5.75 Å². The molecular weight excluding hydrogens is 230 g/mol. The van der Waals surface area contributed by atoms with E-state index in [4.69, 9.17) is 9.84 Å². The molecular formula is C14H23NO3. The number of hydrogen-bond donors (Lipinski definition) is 3. The van der Waals surface area contributed by atoms with E-state index < -0.39 is 0 Å². The van der Waals surface area contributed by atoms with Gasteiger partial charge in [-0.15, -0.1) is 0 Å². The van der Waals surface area contributed by atoms with Crippen LogP contribution in [0.3, 0.4) is 0 Å².